The molecule has 0 amide bonds. The fourth-order valence-electron chi connectivity index (χ4n) is 5.31. The van der Waals surface area contributed by atoms with Crippen molar-refractivity contribution in [1.82, 2.24) is 4.98 Å². The van der Waals surface area contributed by atoms with E-state index in [9.17, 15) is 53.6 Å². The number of nitrogens with one attached hydrogen (secondary N) is 1. The van der Waals surface area contributed by atoms with Gasteiger partial charge in [-0.1, -0.05) is 54.6 Å². The minimum absolute atomic E-state index is 0.0107. The monoisotopic (exact) mass is 682 g/mol. The second kappa shape index (κ2) is 10.5. The van der Waals surface area contributed by atoms with Gasteiger partial charge in [-0.3, -0.25) is 23.2 Å². The van der Waals surface area contributed by atoms with E-state index in [1.807, 2.05) is 0 Å². The average Bonchev–Trinajstić information content (AvgIpc) is 2.98. The molecule has 0 radical (unpaired) electrons. The number of anilines is 2. The van der Waals surface area contributed by atoms with Crippen molar-refractivity contribution in [3.05, 3.63) is 121 Å². The van der Waals surface area contributed by atoms with Crippen molar-refractivity contribution in [2.24, 2.45) is 0 Å². The number of nitrogens with zero attached hydrogens (tertiary/aromatic N) is 1. The molecule has 1 aliphatic heterocycles. The molecule has 0 fully saturated rings. The Morgan fingerprint density at radius 3 is 1.87 bits per heavy atom. The number of fused-ring (bicyclic) bond motifs is 2. The van der Waals surface area contributed by atoms with E-state index in [2.05, 4.69) is 10.3 Å². The van der Waals surface area contributed by atoms with Gasteiger partial charge >= 0.3 is 0 Å². The summed E-state index contributed by atoms with van der Waals surface area (Å²) in [4.78, 5) is 28.5. The van der Waals surface area contributed by atoms with Gasteiger partial charge in [0.15, 0.2) is 5.43 Å². The quantitative estimate of drug-likeness (QED) is 0.158. The van der Waals surface area contributed by atoms with Crippen LogP contribution in [0.2, 0.25) is 0 Å². The number of hydrogen-bond donors (Lipinski definition) is 5. The number of aliphatic hydroxyl groups is 1. The average molecular weight is 683 g/mol. The zero-order valence-corrected chi connectivity index (χ0v) is 25.2. The first-order valence-electron chi connectivity index (χ1n) is 12.8. The molecule has 0 spiro atoms. The van der Waals surface area contributed by atoms with Gasteiger partial charge in [0.1, 0.15) is 15.6 Å². The molecule has 0 unspecified atom stereocenters. The van der Waals surface area contributed by atoms with Crippen molar-refractivity contribution in [2.75, 3.05) is 5.32 Å². The molecule has 4 aromatic rings. The maximum atomic E-state index is 14.1. The molecule has 0 atom stereocenters. The SMILES string of the molecule is O=c1nc2c(S(=O)(=O)O)cc(Nc3ccc(S(=O)(=O)O)cc3S(=O)(=O)O)c3c2=c(c1=C(O)c1ccccc1)c1ccccc1c3=O. The molecule has 4 aromatic carbocycles. The Kier molecular flexibility index (Phi) is 7.08. The summed E-state index contributed by atoms with van der Waals surface area (Å²) in [6, 6.07) is 16.4. The van der Waals surface area contributed by atoms with Gasteiger partial charge in [-0.05, 0) is 29.7 Å². The molecule has 46 heavy (non-hydrogen) atoms. The number of aromatic nitrogens is 1. The first-order valence-corrected chi connectivity index (χ1v) is 17.1. The van der Waals surface area contributed by atoms with E-state index in [1.54, 1.807) is 18.2 Å². The molecule has 0 saturated carbocycles. The Hall–Kier alpha value is -5.04. The van der Waals surface area contributed by atoms with Crippen molar-refractivity contribution in [2.45, 2.75) is 14.7 Å². The van der Waals surface area contributed by atoms with E-state index in [4.69, 9.17) is 0 Å². The predicted molar refractivity (Wildman–Crippen MR) is 164 cm³/mol. The summed E-state index contributed by atoms with van der Waals surface area (Å²) in [7, 11) is -15.4. The summed E-state index contributed by atoms with van der Waals surface area (Å²) in [5.74, 6) is -0.564. The Bertz CT molecular complexity index is 2850. The van der Waals surface area contributed by atoms with Crippen molar-refractivity contribution in [3.63, 3.8) is 0 Å². The van der Waals surface area contributed by atoms with E-state index >= 15 is 0 Å². The summed E-state index contributed by atoms with van der Waals surface area (Å²) < 4.78 is 103. The molecular weight excluding hydrogens is 665 g/mol. The summed E-state index contributed by atoms with van der Waals surface area (Å²) >= 11 is 0. The van der Waals surface area contributed by atoms with Gasteiger partial charge in [0.05, 0.1) is 32.4 Å². The number of aliphatic hydroxyl groups excluding tert-OH is 1. The minimum Gasteiger partial charge on any atom is -0.506 e. The maximum Gasteiger partial charge on any atom is 0.296 e. The van der Waals surface area contributed by atoms with Crippen molar-refractivity contribution in [1.29, 1.82) is 0 Å². The maximum absolute atomic E-state index is 14.1. The lowest BCUT2D eigenvalue weighted by Crippen LogP contribution is -2.33. The number of benzene rings is 4. The van der Waals surface area contributed by atoms with E-state index in [1.165, 1.54) is 36.4 Å². The van der Waals surface area contributed by atoms with Crippen LogP contribution in [0.5, 0.6) is 0 Å². The van der Waals surface area contributed by atoms with E-state index in [0.717, 1.165) is 12.1 Å². The Labute approximate surface area is 258 Å². The molecule has 14 nitrogen and oxygen atoms in total. The Morgan fingerprint density at radius 2 is 1.26 bits per heavy atom. The van der Waals surface area contributed by atoms with Gasteiger partial charge in [0.25, 0.3) is 35.9 Å². The largest absolute Gasteiger partial charge is 0.506 e. The van der Waals surface area contributed by atoms with Gasteiger partial charge in [0.2, 0.25) is 0 Å². The van der Waals surface area contributed by atoms with Gasteiger partial charge in [-0.25, -0.2) is 4.98 Å². The van der Waals surface area contributed by atoms with Crippen molar-refractivity contribution >= 4 is 69.2 Å². The minimum atomic E-state index is -5.23. The Morgan fingerprint density at radius 1 is 0.652 bits per heavy atom. The molecule has 17 heteroatoms. The lowest BCUT2D eigenvalue weighted by molar-refractivity contribution is 0.479. The first-order chi connectivity index (χ1) is 21.5. The number of hydrogen-bond acceptors (Lipinski definition) is 11. The summed E-state index contributed by atoms with van der Waals surface area (Å²) in [6.45, 7) is 0. The summed E-state index contributed by atoms with van der Waals surface area (Å²) in [5, 5.41) is 12.8. The lowest BCUT2D eigenvalue weighted by atomic mass is 9.96. The second-order valence-electron chi connectivity index (χ2n) is 9.99. The molecule has 5 N–H and O–H groups in total. The molecule has 0 bridgehead atoms. The molecule has 1 aliphatic carbocycles. The highest BCUT2D eigenvalue weighted by Gasteiger charge is 2.27. The van der Waals surface area contributed by atoms with Crippen molar-refractivity contribution in [3.8, 4) is 0 Å². The van der Waals surface area contributed by atoms with E-state index < -0.39 is 83.9 Å². The third-order valence-electron chi connectivity index (χ3n) is 7.22. The van der Waals surface area contributed by atoms with Crippen molar-refractivity contribution < 1.29 is 44.0 Å². The lowest BCUT2D eigenvalue weighted by Gasteiger charge is -2.16. The fourth-order valence-corrected chi connectivity index (χ4v) is 7.22. The molecule has 1 heterocycles. The normalized spacial score (nSPS) is 13.4. The third kappa shape index (κ3) is 5.10. The van der Waals surface area contributed by atoms with Crippen LogP contribution in [0.1, 0.15) is 5.56 Å². The van der Waals surface area contributed by atoms with E-state index in [0.29, 0.717) is 12.1 Å². The van der Waals surface area contributed by atoms with Gasteiger partial charge in [0, 0.05) is 21.4 Å². The third-order valence-corrected chi connectivity index (χ3v) is 9.83. The molecule has 0 saturated heterocycles. The highest BCUT2D eigenvalue weighted by atomic mass is 32.2. The van der Waals surface area contributed by atoms with E-state index in [-0.39, 0.29) is 32.2 Å². The molecular formula is C29H18N2O12S3. The van der Waals surface area contributed by atoms with Crippen LogP contribution in [0.25, 0.3) is 27.4 Å². The van der Waals surface area contributed by atoms with Crippen LogP contribution in [-0.2, 0) is 30.4 Å². The topological polar surface area (TPSA) is 242 Å². The van der Waals surface area contributed by atoms with Crippen LogP contribution < -0.4 is 21.5 Å². The van der Waals surface area contributed by atoms with Crippen LogP contribution in [0.3, 0.4) is 0 Å². The van der Waals surface area contributed by atoms with Crippen LogP contribution in [0, 0.1) is 10.4 Å². The van der Waals surface area contributed by atoms with Crippen LogP contribution in [0.4, 0.5) is 11.4 Å². The summed E-state index contributed by atoms with van der Waals surface area (Å²) in [5.41, 5.74) is -3.38. The van der Waals surface area contributed by atoms with Crippen LogP contribution in [-0.4, -0.2) is 49.0 Å². The predicted octanol–water partition coefficient (Wildman–Crippen LogP) is 2.19. The van der Waals surface area contributed by atoms with Gasteiger partial charge in [-0.2, -0.15) is 25.3 Å². The van der Waals surface area contributed by atoms with Crippen LogP contribution >= 0.6 is 0 Å². The summed E-state index contributed by atoms with van der Waals surface area (Å²) in [6.07, 6.45) is 0. The zero-order chi connectivity index (χ0) is 33.3. The molecule has 6 rings (SSSR count). The number of rotatable bonds is 6. The van der Waals surface area contributed by atoms with Gasteiger partial charge < -0.3 is 10.4 Å². The zero-order valence-electron chi connectivity index (χ0n) is 22.7. The Balaban J connectivity index is 1.90. The fraction of sp³-hybridized carbons (Fsp3) is 0. The van der Waals surface area contributed by atoms with Gasteiger partial charge in [-0.15, -0.1) is 0 Å². The second-order valence-corrected chi connectivity index (χ2v) is 14.2. The van der Waals surface area contributed by atoms with Crippen LogP contribution in [0.15, 0.2) is 103 Å². The smallest absolute Gasteiger partial charge is 0.296 e. The molecule has 234 valence electrons. The molecule has 2 aliphatic rings. The first kappa shape index (κ1) is 31.0. The standard InChI is InChI=1S/C29H18N2O12S3/c32-27(14-6-2-1-3-7-14)25-22-16-8-4-5-9-17(16)28(33)23-19(13-21(46(41,42)43)26(24(22)23)31-29(25)34)30-18-11-10-15(44(35,36)37)12-20(18)45(38,39)40/h1-13,30,32H,(H,35,36,37)(H,38,39,40)(H,41,42,43). The highest BCUT2D eigenvalue weighted by molar-refractivity contribution is 7.87. The highest BCUT2D eigenvalue weighted by Crippen LogP contribution is 2.34. The molecule has 0 aromatic heterocycles.